The minimum Gasteiger partial charge on any atom is -0.481 e. The van der Waals surface area contributed by atoms with Crippen molar-refractivity contribution in [3.63, 3.8) is 0 Å². The summed E-state index contributed by atoms with van der Waals surface area (Å²) in [6.45, 7) is 3.11. The highest BCUT2D eigenvalue weighted by molar-refractivity contribution is 5.87. The lowest BCUT2D eigenvalue weighted by Crippen LogP contribution is -2.59. The number of hydrogen-bond donors (Lipinski definition) is 2. The highest BCUT2D eigenvalue weighted by Gasteiger charge is 2.34. The van der Waals surface area contributed by atoms with Gasteiger partial charge < -0.3 is 10.4 Å². The summed E-state index contributed by atoms with van der Waals surface area (Å²) in [4.78, 5) is 28.6. The maximum Gasteiger partial charge on any atom is 0.305 e. The van der Waals surface area contributed by atoms with Crippen molar-refractivity contribution in [1.82, 2.24) is 15.2 Å². The molecule has 2 unspecified atom stereocenters. The third kappa shape index (κ3) is 3.51. The molecule has 0 saturated carbocycles. The van der Waals surface area contributed by atoms with Gasteiger partial charge in [-0.05, 0) is 24.6 Å². The van der Waals surface area contributed by atoms with Crippen LogP contribution in [0.25, 0.3) is 0 Å². The van der Waals surface area contributed by atoms with Gasteiger partial charge in [0.2, 0.25) is 5.91 Å². The first-order valence-electron chi connectivity index (χ1n) is 6.21. The summed E-state index contributed by atoms with van der Waals surface area (Å²) in [6, 6.07) is 3.16. The molecule has 0 aliphatic carbocycles. The number of aliphatic carboxylic acids is 1. The number of nitrogens with one attached hydrogen (secondary N) is 1. The Balaban J connectivity index is 2.13. The number of carbonyl (C=O) groups excluding carboxylic acids is 1. The van der Waals surface area contributed by atoms with E-state index in [4.69, 9.17) is 5.11 Å². The van der Waals surface area contributed by atoms with Crippen LogP contribution in [0.5, 0.6) is 0 Å². The summed E-state index contributed by atoms with van der Waals surface area (Å²) >= 11 is 0. The Kier molecular flexibility index (Phi) is 4.11. The number of amides is 1. The molecule has 1 aliphatic heterocycles. The monoisotopic (exact) mass is 263 g/mol. The van der Waals surface area contributed by atoms with E-state index >= 15 is 0 Å². The van der Waals surface area contributed by atoms with Crippen LogP contribution in [-0.4, -0.2) is 45.5 Å². The van der Waals surface area contributed by atoms with Crippen LogP contribution in [0.1, 0.15) is 18.9 Å². The molecule has 2 N–H and O–H groups in total. The van der Waals surface area contributed by atoms with E-state index in [1.165, 1.54) is 0 Å². The highest BCUT2D eigenvalue weighted by atomic mass is 16.4. The summed E-state index contributed by atoms with van der Waals surface area (Å²) in [7, 11) is 0. The zero-order valence-corrected chi connectivity index (χ0v) is 10.7. The molecule has 1 aromatic rings. The SMILES string of the molecule is CC1CN(Cc2ccncc2)C(CC(=O)O)C(=O)N1. The molecule has 1 fully saturated rings. The molecular weight excluding hydrogens is 246 g/mol. The first-order valence-corrected chi connectivity index (χ1v) is 6.21. The van der Waals surface area contributed by atoms with Gasteiger partial charge in [0.15, 0.2) is 0 Å². The van der Waals surface area contributed by atoms with Gasteiger partial charge in [-0.2, -0.15) is 0 Å². The molecule has 1 amide bonds. The topological polar surface area (TPSA) is 82.5 Å². The molecule has 0 aromatic carbocycles. The second-order valence-corrected chi connectivity index (χ2v) is 4.81. The first-order chi connectivity index (χ1) is 9.06. The average molecular weight is 263 g/mol. The normalized spacial score (nSPS) is 23.9. The maximum absolute atomic E-state index is 11.9. The van der Waals surface area contributed by atoms with Crippen LogP contribution in [0, 0.1) is 0 Å². The van der Waals surface area contributed by atoms with Gasteiger partial charge in [0.1, 0.15) is 6.04 Å². The molecule has 2 atom stereocenters. The quantitative estimate of drug-likeness (QED) is 0.813. The number of carboxylic acid groups (broad SMARTS) is 1. The van der Waals surface area contributed by atoms with Crippen molar-refractivity contribution in [2.75, 3.05) is 6.54 Å². The number of piperazine rings is 1. The lowest BCUT2D eigenvalue weighted by atomic mass is 10.0. The van der Waals surface area contributed by atoms with Crippen molar-refractivity contribution < 1.29 is 14.7 Å². The maximum atomic E-state index is 11.9. The Morgan fingerprint density at radius 1 is 1.53 bits per heavy atom. The highest BCUT2D eigenvalue weighted by Crippen LogP contribution is 2.15. The number of aromatic nitrogens is 1. The van der Waals surface area contributed by atoms with Crippen molar-refractivity contribution in [2.24, 2.45) is 0 Å². The van der Waals surface area contributed by atoms with Crippen LogP contribution in [0.15, 0.2) is 24.5 Å². The second kappa shape index (κ2) is 5.79. The van der Waals surface area contributed by atoms with Gasteiger partial charge in [0, 0.05) is 31.5 Å². The predicted molar refractivity (Wildman–Crippen MR) is 68.3 cm³/mol. The van der Waals surface area contributed by atoms with Gasteiger partial charge in [-0.1, -0.05) is 0 Å². The lowest BCUT2D eigenvalue weighted by molar-refractivity contribution is -0.144. The molecule has 2 rings (SSSR count). The standard InChI is InChI=1S/C13H17N3O3/c1-9-7-16(8-10-2-4-14-5-3-10)11(6-12(17)18)13(19)15-9/h2-5,9,11H,6-8H2,1H3,(H,15,19)(H,17,18). The van der Waals surface area contributed by atoms with E-state index in [1.54, 1.807) is 12.4 Å². The van der Waals surface area contributed by atoms with Gasteiger partial charge in [-0.3, -0.25) is 19.5 Å². The van der Waals surface area contributed by atoms with Crippen LogP contribution < -0.4 is 5.32 Å². The minimum atomic E-state index is -0.963. The van der Waals surface area contributed by atoms with Crippen molar-refractivity contribution in [3.8, 4) is 0 Å². The molecule has 1 aliphatic rings. The Morgan fingerprint density at radius 2 is 2.21 bits per heavy atom. The van der Waals surface area contributed by atoms with Crippen molar-refractivity contribution in [1.29, 1.82) is 0 Å². The molecule has 0 spiro atoms. The molecule has 6 nitrogen and oxygen atoms in total. The van der Waals surface area contributed by atoms with Crippen LogP contribution in [0.4, 0.5) is 0 Å². The Hall–Kier alpha value is -1.95. The van der Waals surface area contributed by atoms with Crippen LogP contribution >= 0.6 is 0 Å². The summed E-state index contributed by atoms with van der Waals surface area (Å²) in [6.07, 6.45) is 3.20. The number of carboxylic acids is 1. The minimum absolute atomic E-state index is 0.0272. The zero-order chi connectivity index (χ0) is 13.8. The van der Waals surface area contributed by atoms with E-state index in [-0.39, 0.29) is 18.4 Å². The van der Waals surface area contributed by atoms with Crippen LogP contribution in [0.2, 0.25) is 0 Å². The molecular formula is C13H17N3O3. The third-order valence-corrected chi connectivity index (χ3v) is 3.14. The number of hydrogen-bond acceptors (Lipinski definition) is 4. The molecule has 2 heterocycles. The smallest absolute Gasteiger partial charge is 0.305 e. The molecule has 0 radical (unpaired) electrons. The summed E-state index contributed by atoms with van der Waals surface area (Å²) in [5.41, 5.74) is 1.02. The van der Waals surface area contributed by atoms with Gasteiger partial charge in [-0.15, -0.1) is 0 Å². The van der Waals surface area contributed by atoms with E-state index < -0.39 is 12.0 Å². The van der Waals surface area contributed by atoms with Gasteiger partial charge in [0.25, 0.3) is 0 Å². The van der Waals surface area contributed by atoms with Crippen LogP contribution in [-0.2, 0) is 16.1 Å². The van der Waals surface area contributed by atoms with Crippen molar-refractivity contribution >= 4 is 11.9 Å². The van der Waals surface area contributed by atoms with Gasteiger partial charge in [0.05, 0.1) is 6.42 Å². The number of pyridine rings is 1. The summed E-state index contributed by atoms with van der Waals surface area (Å²) in [5.74, 6) is -1.18. The molecule has 0 bridgehead atoms. The molecule has 1 aromatic heterocycles. The Bertz CT molecular complexity index is 463. The van der Waals surface area contributed by atoms with Crippen LogP contribution in [0.3, 0.4) is 0 Å². The predicted octanol–water partition coefficient (Wildman–Crippen LogP) is 0.245. The summed E-state index contributed by atoms with van der Waals surface area (Å²) < 4.78 is 0. The van der Waals surface area contributed by atoms with Gasteiger partial charge >= 0.3 is 5.97 Å². The summed E-state index contributed by atoms with van der Waals surface area (Å²) in [5, 5.41) is 11.7. The lowest BCUT2D eigenvalue weighted by Gasteiger charge is -2.37. The zero-order valence-electron chi connectivity index (χ0n) is 10.7. The van der Waals surface area contributed by atoms with E-state index in [0.717, 1.165) is 5.56 Å². The molecule has 19 heavy (non-hydrogen) atoms. The van der Waals surface area contributed by atoms with E-state index in [0.29, 0.717) is 13.1 Å². The second-order valence-electron chi connectivity index (χ2n) is 4.81. The molecule has 6 heteroatoms. The van der Waals surface area contributed by atoms with E-state index in [9.17, 15) is 9.59 Å². The molecule has 102 valence electrons. The van der Waals surface area contributed by atoms with E-state index in [1.807, 2.05) is 24.0 Å². The number of carbonyl (C=O) groups is 2. The largest absolute Gasteiger partial charge is 0.481 e. The number of rotatable bonds is 4. The Morgan fingerprint density at radius 3 is 2.84 bits per heavy atom. The van der Waals surface area contributed by atoms with E-state index in [2.05, 4.69) is 10.3 Å². The fourth-order valence-corrected chi connectivity index (χ4v) is 2.31. The third-order valence-electron chi connectivity index (χ3n) is 3.14. The first kappa shape index (κ1) is 13.5. The number of nitrogens with zero attached hydrogens (tertiary/aromatic N) is 2. The average Bonchev–Trinajstić information content (AvgIpc) is 2.34. The van der Waals surface area contributed by atoms with Crippen molar-refractivity contribution in [2.45, 2.75) is 32.0 Å². The molecule has 1 saturated heterocycles. The Labute approximate surface area is 111 Å². The fraction of sp³-hybridized carbons (Fsp3) is 0.462. The van der Waals surface area contributed by atoms with Crippen molar-refractivity contribution in [3.05, 3.63) is 30.1 Å². The van der Waals surface area contributed by atoms with Gasteiger partial charge in [-0.25, -0.2) is 0 Å². The fourth-order valence-electron chi connectivity index (χ4n) is 2.31.